The molecule has 4 unspecified atom stereocenters. The molecule has 0 aliphatic heterocycles. The molecule has 15 heavy (non-hydrogen) atoms. The molecule has 0 radical (unpaired) electrons. The number of hydrogen-bond donors (Lipinski definition) is 1. The Morgan fingerprint density at radius 2 is 1.87 bits per heavy atom. The van der Waals surface area contributed by atoms with Crippen molar-refractivity contribution in [2.75, 3.05) is 0 Å². The molecular weight excluding hydrogens is 184 g/mol. The second-order valence-electron chi connectivity index (χ2n) is 7.03. The topological polar surface area (TPSA) is 20.2 Å². The molecule has 2 rings (SSSR count). The van der Waals surface area contributed by atoms with Gasteiger partial charge in [0.15, 0.2) is 0 Å². The van der Waals surface area contributed by atoms with E-state index < -0.39 is 0 Å². The number of hydrogen-bond acceptors (Lipinski definition) is 1. The summed E-state index contributed by atoms with van der Waals surface area (Å²) in [6.07, 6.45) is 5.80. The van der Waals surface area contributed by atoms with Crippen molar-refractivity contribution in [2.24, 2.45) is 23.2 Å². The maximum Gasteiger partial charge on any atom is 0.0658 e. The molecule has 1 nitrogen and oxygen atoms in total. The van der Waals surface area contributed by atoms with Gasteiger partial charge >= 0.3 is 0 Å². The Bertz CT molecular complexity index is 244. The summed E-state index contributed by atoms with van der Waals surface area (Å²) in [4.78, 5) is 0. The summed E-state index contributed by atoms with van der Waals surface area (Å²) >= 11 is 0. The van der Waals surface area contributed by atoms with Crippen LogP contribution in [-0.2, 0) is 0 Å². The molecule has 2 bridgehead atoms. The predicted molar refractivity (Wildman–Crippen MR) is 63.6 cm³/mol. The number of aliphatic hydroxyl groups is 1. The van der Waals surface area contributed by atoms with Gasteiger partial charge in [-0.25, -0.2) is 0 Å². The first kappa shape index (κ1) is 11.4. The Labute approximate surface area is 94.3 Å². The van der Waals surface area contributed by atoms with Crippen LogP contribution in [0.15, 0.2) is 0 Å². The second-order valence-corrected chi connectivity index (χ2v) is 7.03. The summed E-state index contributed by atoms with van der Waals surface area (Å²) in [7, 11) is 0. The van der Waals surface area contributed by atoms with Crippen molar-refractivity contribution >= 4 is 0 Å². The third-order valence-electron chi connectivity index (χ3n) is 5.01. The van der Waals surface area contributed by atoms with E-state index in [1.807, 2.05) is 0 Å². The van der Waals surface area contributed by atoms with Crippen molar-refractivity contribution in [3.8, 4) is 0 Å². The molecule has 0 amide bonds. The van der Waals surface area contributed by atoms with E-state index in [2.05, 4.69) is 27.7 Å². The average molecular weight is 210 g/mol. The van der Waals surface area contributed by atoms with E-state index in [9.17, 15) is 5.11 Å². The highest BCUT2D eigenvalue weighted by Crippen LogP contribution is 2.54. The zero-order valence-electron chi connectivity index (χ0n) is 10.7. The van der Waals surface area contributed by atoms with Gasteiger partial charge in [-0.3, -0.25) is 0 Å². The van der Waals surface area contributed by atoms with Gasteiger partial charge in [-0.15, -0.1) is 0 Å². The molecular formula is C14H26O. The summed E-state index contributed by atoms with van der Waals surface area (Å²) in [5.74, 6) is 2.20. The van der Waals surface area contributed by atoms with E-state index >= 15 is 0 Å². The Balaban J connectivity index is 2.19. The first-order chi connectivity index (χ1) is 6.83. The van der Waals surface area contributed by atoms with Crippen LogP contribution in [0.5, 0.6) is 0 Å². The molecule has 0 aromatic rings. The molecule has 0 aromatic heterocycles. The highest BCUT2D eigenvalue weighted by Gasteiger charge is 2.49. The van der Waals surface area contributed by atoms with E-state index in [0.717, 1.165) is 31.1 Å². The van der Waals surface area contributed by atoms with E-state index in [0.29, 0.717) is 11.3 Å². The Morgan fingerprint density at radius 1 is 1.20 bits per heavy atom. The minimum Gasteiger partial charge on any atom is -0.390 e. The Hall–Kier alpha value is -0.0400. The van der Waals surface area contributed by atoms with Crippen LogP contribution in [-0.4, -0.2) is 10.7 Å². The van der Waals surface area contributed by atoms with E-state index in [1.54, 1.807) is 0 Å². The lowest BCUT2D eigenvalue weighted by molar-refractivity contribution is -0.119. The smallest absolute Gasteiger partial charge is 0.0658 e. The average Bonchev–Trinajstić information content (AvgIpc) is 1.97. The quantitative estimate of drug-likeness (QED) is 0.701. The maximum atomic E-state index is 10.7. The van der Waals surface area contributed by atoms with Crippen LogP contribution in [0.1, 0.15) is 59.8 Å². The Kier molecular flexibility index (Phi) is 2.65. The molecule has 1 N–H and O–H groups in total. The van der Waals surface area contributed by atoms with Crippen molar-refractivity contribution in [1.29, 1.82) is 0 Å². The summed E-state index contributed by atoms with van der Waals surface area (Å²) < 4.78 is 0. The molecule has 88 valence electrons. The summed E-state index contributed by atoms with van der Waals surface area (Å²) in [5, 5.41) is 10.7. The molecule has 2 fully saturated rings. The summed E-state index contributed by atoms with van der Waals surface area (Å²) in [5.41, 5.74) is 0.0391. The third kappa shape index (κ3) is 2.08. The Morgan fingerprint density at radius 3 is 2.40 bits per heavy atom. The van der Waals surface area contributed by atoms with Crippen LogP contribution >= 0.6 is 0 Å². The van der Waals surface area contributed by atoms with Crippen LogP contribution in [0.25, 0.3) is 0 Å². The van der Waals surface area contributed by atoms with Gasteiger partial charge in [0.1, 0.15) is 0 Å². The van der Waals surface area contributed by atoms with Gasteiger partial charge in [0.2, 0.25) is 0 Å². The van der Waals surface area contributed by atoms with Crippen molar-refractivity contribution in [1.82, 2.24) is 0 Å². The molecule has 0 heterocycles. The van der Waals surface area contributed by atoms with Crippen LogP contribution in [0.4, 0.5) is 0 Å². The molecule has 0 saturated heterocycles. The van der Waals surface area contributed by atoms with Gasteiger partial charge in [0.05, 0.1) is 5.60 Å². The van der Waals surface area contributed by atoms with E-state index in [4.69, 9.17) is 0 Å². The van der Waals surface area contributed by atoms with Gasteiger partial charge in [-0.2, -0.15) is 0 Å². The summed E-state index contributed by atoms with van der Waals surface area (Å²) in [6.45, 7) is 9.31. The first-order valence-corrected chi connectivity index (χ1v) is 6.55. The SMILES string of the molecule is CC1CC2CC(O)(C1)CC(C)(C(C)C)C2. The van der Waals surface area contributed by atoms with E-state index in [1.165, 1.54) is 12.8 Å². The molecule has 0 spiro atoms. The molecule has 2 aliphatic carbocycles. The fourth-order valence-electron chi connectivity index (χ4n) is 4.23. The number of rotatable bonds is 1. The molecule has 2 aliphatic rings. The van der Waals surface area contributed by atoms with Gasteiger partial charge in [0, 0.05) is 0 Å². The van der Waals surface area contributed by atoms with Crippen LogP contribution in [0.2, 0.25) is 0 Å². The van der Waals surface area contributed by atoms with Gasteiger partial charge < -0.3 is 5.11 Å². The van der Waals surface area contributed by atoms with Crippen LogP contribution < -0.4 is 0 Å². The van der Waals surface area contributed by atoms with Crippen molar-refractivity contribution in [3.63, 3.8) is 0 Å². The third-order valence-corrected chi connectivity index (χ3v) is 5.01. The largest absolute Gasteiger partial charge is 0.390 e. The lowest BCUT2D eigenvalue weighted by Crippen LogP contribution is -2.49. The maximum absolute atomic E-state index is 10.7. The van der Waals surface area contributed by atoms with Crippen molar-refractivity contribution in [3.05, 3.63) is 0 Å². The minimum absolute atomic E-state index is 0.334. The second kappa shape index (κ2) is 3.48. The molecule has 0 aromatic carbocycles. The van der Waals surface area contributed by atoms with Crippen LogP contribution in [0, 0.1) is 23.2 Å². The molecule has 1 heteroatoms. The summed E-state index contributed by atoms with van der Waals surface area (Å²) in [6, 6.07) is 0. The molecule has 4 atom stereocenters. The zero-order valence-corrected chi connectivity index (χ0v) is 10.7. The van der Waals surface area contributed by atoms with Crippen molar-refractivity contribution < 1.29 is 5.11 Å². The number of fused-ring (bicyclic) bond motifs is 2. The minimum atomic E-state index is -0.334. The van der Waals surface area contributed by atoms with Crippen LogP contribution in [0.3, 0.4) is 0 Å². The highest BCUT2D eigenvalue weighted by atomic mass is 16.3. The first-order valence-electron chi connectivity index (χ1n) is 6.55. The normalized spacial score (nSPS) is 50.8. The fraction of sp³-hybridized carbons (Fsp3) is 1.00. The lowest BCUT2D eigenvalue weighted by Gasteiger charge is -2.53. The fourth-order valence-corrected chi connectivity index (χ4v) is 4.23. The van der Waals surface area contributed by atoms with E-state index in [-0.39, 0.29) is 5.60 Å². The van der Waals surface area contributed by atoms with Crippen molar-refractivity contribution in [2.45, 2.75) is 65.4 Å². The van der Waals surface area contributed by atoms with Gasteiger partial charge in [-0.05, 0) is 55.3 Å². The molecule has 2 saturated carbocycles. The standard InChI is InChI=1S/C14H26O/c1-10(2)13(4)7-12-5-11(3)6-14(15,8-12)9-13/h10-12,15H,5-9H2,1-4H3. The monoisotopic (exact) mass is 210 g/mol. The lowest BCUT2D eigenvalue weighted by atomic mass is 9.54. The van der Waals surface area contributed by atoms with Gasteiger partial charge in [-0.1, -0.05) is 27.7 Å². The zero-order chi connectivity index (χ0) is 11.3. The highest BCUT2D eigenvalue weighted by molar-refractivity contribution is 5.01. The predicted octanol–water partition coefficient (Wildman–Crippen LogP) is 3.61. The van der Waals surface area contributed by atoms with Gasteiger partial charge in [0.25, 0.3) is 0 Å².